The van der Waals surface area contributed by atoms with Crippen LogP contribution in [0.1, 0.15) is 129 Å². The monoisotopic (exact) mass is 711 g/mol. The van der Waals surface area contributed by atoms with Gasteiger partial charge in [0.05, 0.1) is 34.4 Å². The summed E-state index contributed by atoms with van der Waals surface area (Å²) in [5, 5.41) is 0. The van der Waals surface area contributed by atoms with E-state index in [-0.39, 0.29) is 32.2 Å². The van der Waals surface area contributed by atoms with E-state index in [9.17, 15) is 14.3 Å². The van der Waals surface area contributed by atoms with Gasteiger partial charge in [-0.3, -0.25) is 13.8 Å². The van der Waals surface area contributed by atoms with Gasteiger partial charge in [-0.15, -0.1) is 0 Å². The molecule has 0 rings (SSSR count). The first-order valence-electron chi connectivity index (χ1n) is 19.0. The number of nitrogens with zero attached hydrogens (tertiary/aromatic N) is 1. The minimum absolute atomic E-state index is 0.0797. The lowest BCUT2D eigenvalue weighted by atomic mass is 10.1. The number of quaternary nitrogens is 1. The number of allylic oxidation sites excluding steroid dienone is 10. The molecule has 0 heterocycles. The number of likely N-dealkylation sites (N-methyl/N-ethyl adjacent to an activating group) is 1. The van der Waals surface area contributed by atoms with Crippen LogP contribution in [0.5, 0.6) is 0 Å². The Morgan fingerprint density at radius 1 is 0.653 bits per heavy atom. The van der Waals surface area contributed by atoms with Gasteiger partial charge in [-0.1, -0.05) is 126 Å². The first-order valence-corrected chi connectivity index (χ1v) is 20.5. The molecule has 0 saturated carbocycles. The second kappa shape index (κ2) is 33.3. The fraction of sp³-hybridized carbons (Fsp3) is 0.725. The molecule has 0 saturated heterocycles. The average Bonchev–Trinajstić information content (AvgIpc) is 3.04. The third-order valence-corrected chi connectivity index (χ3v) is 8.58. The minimum atomic E-state index is -4.27. The van der Waals surface area contributed by atoms with Crippen LogP contribution in [0.15, 0.2) is 60.8 Å². The van der Waals surface area contributed by atoms with Crippen LogP contribution in [-0.4, -0.2) is 75.6 Å². The van der Waals surface area contributed by atoms with Gasteiger partial charge in [0.25, 0.3) is 0 Å². The Bertz CT molecular complexity index is 968. The summed E-state index contributed by atoms with van der Waals surface area (Å²) >= 11 is 0. The van der Waals surface area contributed by atoms with Gasteiger partial charge < -0.3 is 18.9 Å². The predicted molar refractivity (Wildman–Crippen MR) is 205 cm³/mol. The van der Waals surface area contributed by atoms with E-state index >= 15 is 0 Å². The first kappa shape index (κ1) is 47.2. The highest BCUT2D eigenvalue weighted by molar-refractivity contribution is 7.47. The summed E-state index contributed by atoms with van der Waals surface area (Å²) in [6, 6.07) is 0. The van der Waals surface area contributed by atoms with Crippen LogP contribution in [0.25, 0.3) is 0 Å². The van der Waals surface area contributed by atoms with Gasteiger partial charge in [-0.25, -0.2) is 4.57 Å². The highest BCUT2D eigenvalue weighted by Gasteiger charge is 2.26. The maximum atomic E-state index is 12.6. The summed E-state index contributed by atoms with van der Waals surface area (Å²) in [6.07, 6.45) is 39.7. The largest absolute Gasteiger partial charge is 0.472 e. The second-order valence-corrected chi connectivity index (χ2v) is 15.0. The van der Waals surface area contributed by atoms with E-state index in [4.69, 9.17) is 18.5 Å². The van der Waals surface area contributed by atoms with Crippen molar-refractivity contribution < 1.29 is 37.3 Å². The third kappa shape index (κ3) is 37.3. The lowest BCUT2D eigenvalue weighted by Crippen LogP contribution is -2.37. The van der Waals surface area contributed by atoms with Gasteiger partial charge in [0.2, 0.25) is 0 Å². The zero-order chi connectivity index (χ0) is 36.3. The summed E-state index contributed by atoms with van der Waals surface area (Å²) in [5.41, 5.74) is 0. The molecule has 284 valence electrons. The molecule has 9 heteroatoms. The molecule has 0 aliphatic heterocycles. The van der Waals surface area contributed by atoms with Gasteiger partial charge in [-0.2, -0.15) is 0 Å². The quantitative estimate of drug-likeness (QED) is 0.0234. The Balaban J connectivity index is 4.33. The molecule has 0 aromatic carbocycles. The van der Waals surface area contributed by atoms with Crippen LogP contribution in [0, 0.1) is 0 Å². The highest BCUT2D eigenvalue weighted by Crippen LogP contribution is 2.43. The van der Waals surface area contributed by atoms with Crippen molar-refractivity contribution in [1.29, 1.82) is 0 Å². The molecule has 8 nitrogen and oxygen atoms in total. The predicted octanol–water partition coefficient (Wildman–Crippen LogP) is 10.6. The van der Waals surface area contributed by atoms with E-state index in [0.717, 1.165) is 70.6 Å². The summed E-state index contributed by atoms with van der Waals surface area (Å²) < 4.78 is 34.7. The van der Waals surface area contributed by atoms with Crippen LogP contribution in [0.3, 0.4) is 0 Å². The zero-order valence-electron chi connectivity index (χ0n) is 31.9. The summed E-state index contributed by atoms with van der Waals surface area (Å²) in [5.74, 6) is -0.349. The maximum absolute atomic E-state index is 12.6. The van der Waals surface area contributed by atoms with Crippen molar-refractivity contribution in [3.8, 4) is 0 Å². The third-order valence-electron chi connectivity index (χ3n) is 7.59. The number of unbranched alkanes of at least 4 members (excludes halogenated alkanes) is 10. The van der Waals surface area contributed by atoms with E-state index in [1.54, 1.807) is 0 Å². The normalized spacial score (nSPS) is 14.7. The highest BCUT2D eigenvalue weighted by atomic mass is 31.2. The van der Waals surface area contributed by atoms with Crippen molar-refractivity contribution in [3.63, 3.8) is 0 Å². The number of hydrogen-bond donors (Lipinski definition) is 1. The molecule has 49 heavy (non-hydrogen) atoms. The second-order valence-electron chi connectivity index (χ2n) is 13.6. The number of carbonyl (C=O) groups is 1. The van der Waals surface area contributed by atoms with Crippen molar-refractivity contribution in [2.75, 3.05) is 54.1 Å². The molecule has 1 N–H and O–H groups in total. The van der Waals surface area contributed by atoms with E-state index in [0.29, 0.717) is 17.6 Å². The summed E-state index contributed by atoms with van der Waals surface area (Å²) in [7, 11) is 1.63. The van der Waals surface area contributed by atoms with E-state index < -0.39 is 13.9 Å². The Morgan fingerprint density at radius 3 is 1.76 bits per heavy atom. The van der Waals surface area contributed by atoms with Crippen LogP contribution in [0.4, 0.5) is 0 Å². The van der Waals surface area contributed by atoms with Crippen LogP contribution < -0.4 is 0 Å². The molecule has 2 unspecified atom stereocenters. The molecule has 0 spiro atoms. The molecular weight excluding hydrogens is 637 g/mol. The number of rotatable bonds is 34. The number of carbonyl (C=O) groups excluding carboxylic acids is 1. The number of phosphoric ester groups is 1. The van der Waals surface area contributed by atoms with Crippen LogP contribution in [-0.2, 0) is 27.9 Å². The molecule has 0 amide bonds. The standard InChI is InChI=1S/C40H72NO7P/c1-6-8-10-12-14-16-17-18-19-20-21-22-23-24-25-26-27-29-31-33-40(42)48-39(37-45-35-32-30-28-15-13-11-9-7-2)38-47-49(43,44)46-36-34-41(3,4)5/h8,10,14,16,18-19,21-22,24-25,39H,6-7,9,11-13,15,17,20,23,26-38H2,1-5H3/p+1/b10-8-,16-14-,19-18-,22-21-,25-24-. The topological polar surface area (TPSA) is 91.3 Å². The molecule has 0 aliphatic rings. The number of hydrogen-bond acceptors (Lipinski definition) is 6. The lowest BCUT2D eigenvalue weighted by molar-refractivity contribution is -0.870. The Labute approximate surface area is 300 Å². The fourth-order valence-corrected chi connectivity index (χ4v) is 5.38. The maximum Gasteiger partial charge on any atom is 0.472 e. The van der Waals surface area contributed by atoms with E-state index in [1.165, 1.54) is 38.5 Å². The van der Waals surface area contributed by atoms with Gasteiger partial charge >= 0.3 is 13.8 Å². The lowest BCUT2D eigenvalue weighted by Gasteiger charge is -2.24. The molecular formula is C40H73NO7P+. The Kier molecular flexibility index (Phi) is 32.1. The first-order chi connectivity index (χ1) is 23.6. The molecule has 0 radical (unpaired) electrons. The molecule has 0 aromatic rings. The molecule has 0 aliphatic carbocycles. The molecule has 0 aromatic heterocycles. The van der Waals surface area contributed by atoms with E-state index in [2.05, 4.69) is 74.6 Å². The summed E-state index contributed by atoms with van der Waals surface area (Å²) in [4.78, 5) is 22.7. The van der Waals surface area contributed by atoms with Crippen molar-refractivity contribution in [1.82, 2.24) is 0 Å². The summed E-state index contributed by atoms with van der Waals surface area (Å²) in [6.45, 7) is 5.41. The number of ether oxygens (including phenoxy) is 2. The van der Waals surface area contributed by atoms with Crippen molar-refractivity contribution in [2.45, 2.75) is 136 Å². The van der Waals surface area contributed by atoms with Crippen LogP contribution in [0.2, 0.25) is 0 Å². The SMILES string of the molecule is CC/C=C\C/C=C\C/C=C\C/C=C\C/C=C\CCCCCC(=O)OC(COCCCCCCCCCC)COP(=O)(O)OCC[N+](C)(C)C. The van der Waals surface area contributed by atoms with Crippen LogP contribution >= 0.6 is 7.82 Å². The molecule has 2 atom stereocenters. The van der Waals surface area contributed by atoms with Gasteiger partial charge in [0.15, 0.2) is 0 Å². The zero-order valence-corrected chi connectivity index (χ0v) is 32.8. The number of esters is 1. The Hall–Kier alpha value is -1.80. The van der Waals surface area contributed by atoms with Gasteiger partial charge in [-0.05, 0) is 57.8 Å². The average molecular weight is 711 g/mol. The molecule has 0 fully saturated rings. The minimum Gasteiger partial charge on any atom is -0.457 e. The van der Waals surface area contributed by atoms with E-state index in [1.807, 2.05) is 21.1 Å². The fourth-order valence-electron chi connectivity index (χ4n) is 4.64. The number of phosphoric acid groups is 1. The van der Waals surface area contributed by atoms with Crippen molar-refractivity contribution in [3.05, 3.63) is 60.8 Å². The smallest absolute Gasteiger partial charge is 0.457 e. The van der Waals surface area contributed by atoms with Gasteiger partial charge in [0.1, 0.15) is 19.3 Å². The van der Waals surface area contributed by atoms with Gasteiger partial charge in [0, 0.05) is 13.0 Å². The van der Waals surface area contributed by atoms with Crippen molar-refractivity contribution in [2.24, 2.45) is 0 Å². The molecule has 0 bridgehead atoms. The Morgan fingerprint density at radius 2 is 1.18 bits per heavy atom. The van der Waals surface area contributed by atoms with Crippen molar-refractivity contribution >= 4 is 13.8 Å².